The molecule has 0 saturated carbocycles. The summed E-state index contributed by atoms with van der Waals surface area (Å²) in [6, 6.07) is 42.5. The second-order valence-electron chi connectivity index (χ2n) is 12.8. The van der Waals surface area contributed by atoms with Crippen molar-refractivity contribution in [3.05, 3.63) is 139 Å². The largest absolute Gasteiger partial charge is 0.305 e. The van der Waals surface area contributed by atoms with E-state index in [1.54, 1.807) is 0 Å². The molecule has 4 aromatic carbocycles. The van der Waals surface area contributed by atoms with Gasteiger partial charge in [0, 0.05) is 37.2 Å². The van der Waals surface area contributed by atoms with Gasteiger partial charge in [-0.15, -0.1) is 59.7 Å². The first-order valence-corrected chi connectivity index (χ1v) is 19.8. The van der Waals surface area contributed by atoms with Crippen LogP contribution in [0.5, 0.6) is 0 Å². The Morgan fingerprint density at radius 1 is 0.761 bits per heavy atom. The van der Waals surface area contributed by atoms with Crippen LogP contribution in [0.2, 0.25) is 19.6 Å². The van der Waals surface area contributed by atoms with Crippen LogP contribution in [0.15, 0.2) is 116 Å². The van der Waals surface area contributed by atoms with Gasteiger partial charge in [-0.3, -0.25) is 0 Å². The Bertz CT molecular complexity index is 2080. The first-order valence-electron chi connectivity index (χ1n) is 15.5. The first kappa shape index (κ1) is 33.6. The van der Waals surface area contributed by atoms with Gasteiger partial charge in [-0.05, 0) is 62.8 Å². The fourth-order valence-electron chi connectivity index (χ4n) is 5.79. The van der Waals surface area contributed by atoms with Crippen LogP contribution in [0.1, 0.15) is 30.9 Å². The summed E-state index contributed by atoms with van der Waals surface area (Å²) in [6.45, 7) is 13.8. The molecule has 0 unspecified atom stereocenters. The first-order chi connectivity index (χ1) is 21.7. The fraction of sp³-hybridized carbons (Fsp3) is 0.171. The maximum Gasteiger partial charge on any atom is 0.0799 e. The standard InChI is InChI=1S/C24H16NS.C17H22NSi.Ir/c1-16-13-14-25-21(15-16)19-10-5-11-20-23-18(17-7-3-2-4-8-17)9-6-12-22(23)26-24(19)20;1-13(2)15-11-16(14-9-7-6-8-10-14)18-12-17(15)19(3,4)5;/h2-9,11-15H,1H3;6-9,11-13H,1-5H3;/q2*-1;. The number of hydrogen-bond acceptors (Lipinski definition) is 3. The van der Waals surface area contributed by atoms with Crippen molar-refractivity contribution in [1.29, 1.82) is 0 Å². The van der Waals surface area contributed by atoms with Gasteiger partial charge >= 0.3 is 0 Å². The van der Waals surface area contributed by atoms with E-state index in [1.807, 2.05) is 47.9 Å². The van der Waals surface area contributed by atoms with E-state index < -0.39 is 8.07 Å². The zero-order valence-electron chi connectivity index (χ0n) is 27.2. The van der Waals surface area contributed by atoms with Gasteiger partial charge in [-0.25, -0.2) is 0 Å². The number of aryl methyl sites for hydroxylation is 1. The minimum absolute atomic E-state index is 0. The van der Waals surface area contributed by atoms with Crippen molar-refractivity contribution in [2.45, 2.75) is 46.3 Å². The fourth-order valence-corrected chi connectivity index (χ4v) is 8.70. The third kappa shape index (κ3) is 7.14. The van der Waals surface area contributed by atoms with E-state index in [1.165, 1.54) is 47.6 Å². The summed E-state index contributed by atoms with van der Waals surface area (Å²) in [5, 5.41) is 4.07. The average molecular weight is 811 g/mol. The van der Waals surface area contributed by atoms with Crippen molar-refractivity contribution in [2.24, 2.45) is 0 Å². The van der Waals surface area contributed by atoms with E-state index in [4.69, 9.17) is 0 Å². The molecule has 7 aromatic rings. The second kappa shape index (κ2) is 14.4. The number of fused-ring (bicyclic) bond motifs is 3. The SMILES string of the molecule is CC(C)c1cc(-c2[c-]cccc2)ncc1[Si](C)(C)C.Cc1ccnc(-c2[c-]ccc3c2sc2cccc(-c4ccccc4)c23)c1.[Ir]. The van der Waals surface area contributed by atoms with Crippen LogP contribution in [0.4, 0.5) is 0 Å². The molecule has 5 heteroatoms. The number of nitrogens with zero attached hydrogens (tertiary/aromatic N) is 2. The monoisotopic (exact) mass is 811 g/mol. The Morgan fingerprint density at radius 3 is 2.24 bits per heavy atom. The Morgan fingerprint density at radius 2 is 1.54 bits per heavy atom. The molecule has 0 amide bonds. The molecule has 3 heterocycles. The van der Waals surface area contributed by atoms with Gasteiger partial charge in [0.05, 0.1) is 8.07 Å². The summed E-state index contributed by atoms with van der Waals surface area (Å²) < 4.78 is 2.55. The predicted molar refractivity (Wildman–Crippen MR) is 197 cm³/mol. The molecule has 3 aromatic heterocycles. The molecule has 7 rings (SSSR count). The summed E-state index contributed by atoms with van der Waals surface area (Å²) in [6.07, 6.45) is 3.97. The molecule has 0 aliphatic heterocycles. The summed E-state index contributed by atoms with van der Waals surface area (Å²) in [5.41, 5.74) is 9.38. The van der Waals surface area contributed by atoms with Crippen molar-refractivity contribution in [3.63, 3.8) is 0 Å². The van der Waals surface area contributed by atoms with Gasteiger partial charge in [0.15, 0.2) is 0 Å². The average Bonchev–Trinajstić information content (AvgIpc) is 3.44. The Kier molecular flexibility index (Phi) is 10.5. The number of benzene rings is 4. The molecular weight excluding hydrogens is 773 g/mol. The van der Waals surface area contributed by atoms with Crippen molar-refractivity contribution >= 4 is 44.8 Å². The van der Waals surface area contributed by atoms with Gasteiger partial charge in [0.25, 0.3) is 0 Å². The third-order valence-corrected chi connectivity index (χ3v) is 11.3. The normalized spacial score (nSPS) is 11.3. The molecule has 0 bridgehead atoms. The molecule has 0 aliphatic rings. The number of pyridine rings is 2. The van der Waals surface area contributed by atoms with Crippen LogP contribution in [0.25, 0.3) is 53.8 Å². The van der Waals surface area contributed by atoms with Crippen LogP contribution in [-0.4, -0.2) is 18.0 Å². The van der Waals surface area contributed by atoms with Crippen LogP contribution in [0, 0.1) is 19.1 Å². The van der Waals surface area contributed by atoms with E-state index >= 15 is 0 Å². The molecule has 2 nitrogen and oxygen atoms in total. The Hall–Kier alpha value is -3.73. The summed E-state index contributed by atoms with van der Waals surface area (Å²) >= 11 is 1.83. The van der Waals surface area contributed by atoms with Gasteiger partial charge in [0.2, 0.25) is 0 Å². The molecule has 1 radical (unpaired) electrons. The molecular formula is C41H38IrN2SSi-2. The molecule has 0 atom stereocenters. The van der Waals surface area contributed by atoms with E-state index in [0.717, 1.165) is 22.5 Å². The zero-order valence-corrected chi connectivity index (χ0v) is 31.4. The minimum atomic E-state index is -1.34. The summed E-state index contributed by atoms with van der Waals surface area (Å²) in [5.74, 6) is 0.534. The van der Waals surface area contributed by atoms with E-state index in [0.29, 0.717) is 5.92 Å². The van der Waals surface area contributed by atoms with Gasteiger partial charge in [-0.1, -0.05) is 105 Å². The van der Waals surface area contributed by atoms with E-state index in [-0.39, 0.29) is 20.1 Å². The van der Waals surface area contributed by atoms with E-state index in [9.17, 15) is 0 Å². The van der Waals surface area contributed by atoms with Crippen LogP contribution >= 0.6 is 11.3 Å². The number of thiophene rings is 1. The predicted octanol–water partition coefficient (Wildman–Crippen LogP) is 11.1. The topological polar surface area (TPSA) is 25.8 Å². The maximum atomic E-state index is 4.66. The van der Waals surface area contributed by atoms with Gasteiger partial charge in [0.1, 0.15) is 0 Å². The molecule has 0 saturated heterocycles. The number of hydrogen-bond donors (Lipinski definition) is 0. The number of rotatable bonds is 5. The van der Waals surface area contributed by atoms with E-state index in [2.05, 4.69) is 142 Å². The smallest absolute Gasteiger partial charge is 0.0799 e. The zero-order chi connectivity index (χ0) is 31.6. The van der Waals surface area contributed by atoms with Crippen molar-refractivity contribution in [1.82, 2.24) is 9.97 Å². The van der Waals surface area contributed by atoms with Crippen LogP contribution in [-0.2, 0) is 20.1 Å². The van der Waals surface area contributed by atoms with Crippen molar-refractivity contribution < 1.29 is 20.1 Å². The molecule has 233 valence electrons. The van der Waals surface area contributed by atoms with Gasteiger partial charge in [-0.2, -0.15) is 11.3 Å². The third-order valence-electron chi connectivity index (χ3n) is 8.06. The molecule has 0 fully saturated rings. The molecule has 0 spiro atoms. The quantitative estimate of drug-likeness (QED) is 0.128. The van der Waals surface area contributed by atoms with Crippen LogP contribution < -0.4 is 5.19 Å². The van der Waals surface area contributed by atoms with Crippen LogP contribution in [0.3, 0.4) is 0 Å². The number of aromatic nitrogens is 2. The minimum Gasteiger partial charge on any atom is -0.305 e. The maximum absolute atomic E-state index is 4.66. The van der Waals surface area contributed by atoms with Crippen molar-refractivity contribution in [3.8, 4) is 33.6 Å². The summed E-state index contributed by atoms with van der Waals surface area (Å²) in [7, 11) is -1.34. The molecule has 0 aliphatic carbocycles. The van der Waals surface area contributed by atoms with Crippen molar-refractivity contribution in [2.75, 3.05) is 0 Å². The molecule has 46 heavy (non-hydrogen) atoms. The summed E-state index contributed by atoms with van der Waals surface area (Å²) in [4.78, 5) is 9.25. The Labute approximate surface area is 292 Å². The van der Waals surface area contributed by atoms with Gasteiger partial charge < -0.3 is 9.97 Å². The second-order valence-corrected chi connectivity index (χ2v) is 18.9. The molecule has 0 N–H and O–H groups in total. The Balaban J connectivity index is 0.000000187.